The molecule has 0 unspecified atom stereocenters. The van der Waals surface area contributed by atoms with E-state index in [2.05, 4.69) is 16.7 Å². The molecule has 0 saturated carbocycles. The van der Waals surface area contributed by atoms with Crippen molar-refractivity contribution in [3.63, 3.8) is 0 Å². The standard InChI is InChI=1S/C19H19N3O3S/c1-4-9-20-19-22(21-12-15-6-5-10-25-15)17(13-26-19)16-11-14(23-2)7-8-18(16)24-3/h4-8,10-13H,1,9H2,2-3H3. The van der Waals surface area contributed by atoms with Crippen LogP contribution in [0.4, 0.5) is 0 Å². The summed E-state index contributed by atoms with van der Waals surface area (Å²) in [5.41, 5.74) is 1.70. The molecule has 3 aromatic rings. The summed E-state index contributed by atoms with van der Waals surface area (Å²) >= 11 is 1.49. The lowest BCUT2D eigenvalue weighted by Crippen LogP contribution is -2.12. The second-order valence-electron chi connectivity index (χ2n) is 5.17. The number of hydrogen-bond donors (Lipinski definition) is 0. The molecule has 0 N–H and O–H groups in total. The van der Waals surface area contributed by atoms with E-state index in [-0.39, 0.29) is 0 Å². The molecule has 0 spiro atoms. The van der Waals surface area contributed by atoms with Crippen molar-refractivity contribution in [3.05, 3.63) is 65.2 Å². The minimum Gasteiger partial charge on any atom is -0.497 e. The summed E-state index contributed by atoms with van der Waals surface area (Å²) in [6.07, 6.45) is 5.00. The number of thiazole rings is 1. The van der Waals surface area contributed by atoms with Gasteiger partial charge in [-0.3, -0.25) is 4.99 Å². The van der Waals surface area contributed by atoms with Crippen LogP contribution in [0.25, 0.3) is 11.3 Å². The molecule has 0 aliphatic heterocycles. The van der Waals surface area contributed by atoms with Crippen molar-refractivity contribution in [1.82, 2.24) is 4.68 Å². The van der Waals surface area contributed by atoms with Gasteiger partial charge in [0, 0.05) is 10.9 Å². The van der Waals surface area contributed by atoms with Gasteiger partial charge in [-0.1, -0.05) is 6.08 Å². The van der Waals surface area contributed by atoms with Crippen molar-refractivity contribution in [2.24, 2.45) is 10.1 Å². The number of rotatable bonds is 7. The Morgan fingerprint density at radius 2 is 2.15 bits per heavy atom. The lowest BCUT2D eigenvalue weighted by Gasteiger charge is -2.10. The number of nitrogens with zero attached hydrogens (tertiary/aromatic N) is 3. The maximum atomic E-state index is 5.51. The van der Waals surface area contributed by atoms with E-state index >= 15 is 0 Å². The molecule has 1 aromatic carbocycles. The van der Waals surface area contributed by atoms with Gasteiger partial charge in [-0.25, -0.2) is 4.68 Å². The van der Waals surface area contributed by atoms with Gasteiger partial charge in [0.05, 0.1) is 38.9 Å². The molecule has 0 atom stereocenters. The molecule has 3 rings (SSSR count). The van der Waals surface area contributed by atoms with E-state index in [1.165, 1.54) is 11.3 Å². The summed E-state index contributed by atoms with van der Waals surface area (Å²) in [7, 11) is 3.27. The summed E-state index contributed by atoms with van der Waals surface area (Å²) in [5, 5.41) is 6.54. The number of ether oxygens (including phenoxy) is 2. The van der Waals surface area contributed by atoms with E-state index in [1.807, 2.05) is 35.7 Å². The van der Waals surface area contributed by atoms with Gasteiger partial charge in [0.15, 0.2) is 0 Å². The predicted octanol–water partition coefficient (Wildman–Crippen LogP) is 3.80. The van der Waals surface area contributed by atoms with Crippen LogP contribution in [-0.4, -0.2) is 31.7 Å². The van der Waals surface area contributed by atoms with Crippen LogP contribution in [0, 0.1) is 0 Å². The second kappa shape index (κ2) is 8.35. The smallest absolute Gasteiger partial charge is 0.206 e. The van der Waals surface area contributed by atoms with Crippen LogP contribution in [-0.2, 0) is 0 Å². The van der Waals surface area contributed by atoms with E-state index in [0.717, 1.165) is 27.6 Å². The molecule has 0 amide bonds. The number of benzene rings is 1. The van der Waals surface area contributed by atoms with Gasteiger partial charge in [-0.2, -0.15) is 5.10 Å². The fourth-order valence-electron chi connectivity index (χ4n) is 2.34. The summed E-state index contributed by atoms with van der Waals surface area (Å²) in [6, 6.07) is 9.29. The van der Waals surface area contributed by atoms with Crippen LogP contribution in [0.1, 0.15) is 5.76 Å². The third kappa shape index (κ3) is 3.78. The van der Waals surface area contributed by atoms with Gasteiger partial charge in [-0.05, 0) is 30.3 Å². The van der Waals surface area contributed by atoms with Crippen molar-refractivity contribution < 1.29 is 13.9 Å². The Kier molecular flexibility index (Phi) is 5.70. The molecule has 26 heavy (non-hydrogen) atoms. The van der Waals surface area contributed by atoms with Gasteiger partial charge in [0.2, 0.25) is 4.80 Å². The highest BCUT2D eigenvalue weighted by Crippen LogP contribution is 2.33. The molecule has 0 aliphatic rings. The lowest BCUT2D eigenvalue weighted by molar-refractivity contribution is 0.404. The molecule has 0 fully saturated rings. The molecule has 7 heteroatoms. The molecule has 0 aliphatic carbocycles. The fraction of sp³-hybridized carbons (Fsp3) is 0.158. The zero-order chi connectivity index (χ0) is 18.4. The normalized spacial score (nSPS) is 11.8. The maximum Gasteiger partial charge on any atom is 0.206 e. The highest BCUT2D eigenvalue weighted by atomic mass is 32.1. The molecule has 134 valence electrons. The zero-order valence-electron chi connectivity index (χ0n) is 14.6. The highest BCUT2D eigenvalue weighted by molar-refractivity contribution is 7.07. The lowest BCUT2D eigenvalue weighted by atomic mass is 10.1. The number of methoxy groups -OCH3 is 2. The van der Waals surface area contributed by atoms with Gasteiger partial charge in [-0.15, -0.1) is 17.9 Å². The van der Waals surface area contributed by atoms with Gasteiger partial charge in [0.25, 0.3) is 0 Å². The zero-order valence-corrected chi connectivity index (χ0v) is 15.4. The third-order valence-corrected chi connectivity index (χ3v) is 4.42. The van der Waals surface area contributed by atoms with Gasteiger partial charge < -0.3 is 13.9 Å². The molecule has 2 heterocycles. The molecular formula is C19H19N3O3S. The van der Waals surface area contributed by atoms with Crippen LogP contribution >= 0.6 is 11.3 Å². The topological polar surface area (TPSA) is 61.2 Å². The quantitative estimate of drug-likeness (QED) is 0.470. The Morgan fingerprint density at radius 1 is 1.27 bits per heavy atom. The van der Waals surface area contributed by atoms with Crippen LogP contribution in [0.5, 0.6) is 11.5 Å². The first-order valence-electron chi connectivity index (χ1n) is 7.89. The summed E-state index contributed by atoms with van der Waals surface area (Å²) in [4.78, 5) is 5.26. The van der Waals surface area contributed by atoms with Crippen molar-refractivity contribution >= 4 is 17.6 Å². The van der Waals surface area contributed by atoms with E-state index in [9.17, 15) is 0 Å². The first kappa shape index (κ1) is 17.8. The average molecular weight is 369 g/mol. The van der Waals surface area contributed by atoms with E-state index in [1.54, 1.807) is 37.4 Å². The Hall–Kier alpha value is -3.06. The molecule has 0 bridgehead atoms. The van der Waals surface area contributed by atoms with Crippen LogP contribution in [0.3, 0.4) is 0 Å². The Balaban J connectivity index is 2.16. The van der Waals surface area contributed by atoms with Crippen LogP contribution < -0.4 is 14.3 Å². The van der Waals surface area contributed by atoms with Crippen molar-refractivity contribution in [2.75, 3.05) is 20.8 Å². The minimum absolute atomic E-state index is 0.505. The van der Waals surface area contributed by atoms with Crippen LogP contribution in [0.2, 0.25) is 0 Å². The van der Waals surface area contributed by atoms with Crippen LogP contribution in [0.15, 0.2) is 69.1 Å². The average Bonchev–Trinajstić information content (AvgIpc) is 3.33. The SMILES string of the molecule is C=CCN=c1scc(-c2cc(OC)ccc2OC)n1N=Cc1ccco1. The predicted molar refractivity (Wildman–Crippen MR) is 103 cm³/mol. The first-order chi connectivity index (χ1) is 12.8. The van der Waals surface area contributed by atoms with E-state index in [4.69, 9.17) is 13.9 Å². The largest absolute Gasteiger partial charge is 0.497 e. The highest BCUT2D eigenvalue weighted by Gasteiger charge is 2.14. The Bertz CT molecular complexity index is 968. The number of hydrogen-bond acceptors (Lipinski definition) is 6. The third-order valence-electron chi connectivity index (χ3n) is 3.57. The molecule has 6 nitrogen and oxygen atoms in total. The Labute approximate surface area is 155 Å². The summed E-state index contributed by atoms with van der Waals surface area (Å²) in [5.74, 6) is 2.11. The minimum atomic E-state index is 0.505. The molecular weight excluding hydrogens is 350 g/mol. The maximum absolute atomic E-state index is 5.51. The number of furan rings is 1. The van der Waals surface area contributed by atoms with E-state index < -0.39 is 0 Å². The van der Waals surface area contributed by atoms with Crippen molar-refractivity contribution in [2.45, 2.75) is 0 Å². The van der Waals surface area contributed by atoms with Crippen molar-refractivity contribution in [3.8, 4) is 22.8 Å². The fourth-order valence-corrected chi connectivity index (χ4v) is 3.18. The van der Waals surface area contributed by atoms with E-state index in [0.29, 0.717) is 12.3 Å². The first-order valence-corrected chi connectivity index (χ1v) is 8.77. The summed E-state index contributed by atoms with van der Waals surface area (Å²) < 4.78 is 18.0. The number of aromatic nitrogens is 1. The molecule has 2 aromatic heterocycles. The monoisotopic (exact) mass is 369 g/mol. The Morgan fingerprint density at radius 3 is 2.85 bits per heavy atom. The molecule has 0 saturated heterocycles. The molecule has 0 radical (unpaired) electrons. The summed E-state index contributed by atoms with van der Waals surface area (Å²) in [6.45, 7) is 4.22. The van der Waals surface area contributed by atoms with Gasteiger partial charge in [0.1, 0.15) is 17.3 Å². The van der Waals surface area contributed by atoms with Crippen molar-refractivity contribution in [1.29, 1.82) is 0 Å². The van der Waals surface area contributed by atoms with Gasteiger partial charge >= 0.3 is 0 Å². The second-order valence-corrected chi connectivity index (χ2v) is 6.01.